The molecular weight excluding hydrogens is 328 g/mol. The van der Waals surface area contributed by atoms with E-state index in [0.29, 0.717) is 12.4 Å². The maximum Gasteiger partial charge on any atom is 0.240 e. The van der Waals surface area contributed by atoms with Crippen LogP contribution in [0.4, 0.5) is 5.82 Å². The molecule has 4 rings (SSSR count). The van der Waals surface area contributed by atoms with Gasteiger partial charge in [0.2, 0.25) is 5.91 Å². The lowest BCUT2D eigenvalue weighted by molar-refractivity contribution is -0.121. The second-order valence-corrected chi connectivity index (χ2v) is 6.52. The van der Waals surface area contributed by atoms with Crippen LogP contribution in [0.1, 0.15) is 25.1 Å². The lowest BCUT2D eigenvalue weighted by atomic mass is 10.1. The number of para-hydroxylation sites is 2. The van der Waals surface area contributed by atoms with Gasteiger partial charge in [0.1, 0.15) is 18.2 Å². The smallest absolute Gasteiger partial charge is 0.240 e. The van der Waals surface area contributed by atoms with E-state index in [4.69, 9.17) is 0 Å². The van der Waals surface area contributed by atoms with Gasteiger partial charge in [0, 0.05) is 19.3 Å². The van der Waals surface area contributed by atoms with Crippen LogP contribution in [0.5, 0.6) is 0 Å². The van der Waals surface area contributed by atoms with Gasteiger partial charge in [0.25, 0.3) is 0 Å². The highest BCUT2D eigenvalue weighted by atomic mass is 16.1. The van der Waals surface area contributed by atoms with Crippen molar-refractivity contribution in [2.75, 3.05) is 18.0 Å². The van der Waals surface area contributed by atoms with Crippen molar-refractivity contribution >= 4 is 22.8 Å². The molecule has 0 atom stereocenters. The predicted molar refractivity (Wildman–Crippen MR) is 99.7 cm³/mol. The monoisotopic (exact) mass is 350 g/mol. The number of rotatable bonds is 5. The van der Waals surface area contributed by atoms with Crippen LogP contribution < -0.4 is 10.2 Å². The third-order valence-corrected chi connectivity index (χ3v) is 4.66. The van der Waals surface area contributed by atoms with E-state index in [-0.39, 0.29) is 12.5 Å². The van der Waals surface area contributed by atoms with Gasteiger partial charge >= 0.3 is 0 Å². The Bertz CT molecular complexity index is 900. The van der Waals surface area contributed by atoms with Crippen molar-refractivity contribution in [2.45, 2.75) is 32.4 Å². The number of imidazole rings is 1. The number of benzene rings is 1. The minimum absolute atomic E-state index is 0.0832. The second-order valence-electron chi connectivity index (χ2n) is 6.52. The van der Waals surface area contributed by atoms with E-state index < -0.39 is 0 Å². The Hall–Kier alpha value is -2.96. The number of carbonyl (C=O) groups is 1. The molecule has 7 heteroatoms. The van der Waals surface area contributed by atoms with Crippen LogP contribution in [0, 0.1) is 0 Å². The number of carbonyl (C=O) groups excluding carboxylic acids is 1. The summed E-state index contributed by atoms with van der Waals surface area (Å²) < 4.78 is 1.84. The van der Waals surface area contributed by atoms with E-state index in [1.165, 1.54) is 19.3 Å². The molecule has 1 fully saturated rings. The molecule has 3 aromatic rings. The molecule has 0 radical (unpaired) electrons. The fourth-order valence-corrected chi connectivity index (χ4v) is 3.30. The summed E-state index contributed by atoms with van der Waals surface area (Å²) in [5.41, 5.74) is 1.84. The third-order valence-electron chi connectivity index (χ3n) is 4.66. The fourth-order valence-electron chi connectivity index (χ4n) is 3.30. The number of hydrogen-bond acceptors (Lipinski definition) is 5. The first-order valence-electron chi connectivity index (χ1n) is 9.03. The molecule has 134 valence electrons. The number of hydrogen-bond donors (Lipinski definition) is 1. The maximum atomic E-state index is 12.3. The van der Waals surface area contributed by atoms with Crippen molar-refractivity contribution < 1.29 is 4.79 Å². The van der Waals surface area contributed by atoms with Gasteiger partial charge < -0.3 is 14.8 Å². The Balaban J connectivity index is 1.37. The normalized spacial score (nSPS) is 14.5. The van der Waals surface area contributed by atoms with E-state index in [1.807, 2.05) is 34.9 Å². The van der Waals surface area contributed by atoms with E-state index in [9.17, 15) is 4.79 Å². The average molecular weight is 350 g/mol. The van der Waals surface area contributed by atoms with Crippen LogP contribution in [-0.4, -0.2) is 38.5 Å². The molecule has 7 nitrogen and oxygen atoms in total. The van der Waals surface area contributed by atoms with Gasteiger partial charge in [-0.05, 0) is 37.5 Å². The van der Waals surface area contributed by atoms with E-state index in [1.54, 1.807) is 12.5 Å². The number of piperidine rings is 1. The molecule has 1 aliphatic heterocycles. The predicted octanol–water partition coefficient (Wildman–Crippen LogP) is 2.13. The largest absolute Gasteiger partial charge is 0.357 e. The molecule has 26 heavy (non-hydrogen) atoms. The Labute approximate surface area is 152 Å². The maximum absolute atomic E-state index is 12.3. The Kier molecular flexibility index (Phi) is 4.77. The number of aromatic nitrogens is 4. The Morgan fingerprint density at radius 2 is 1.92 bits per heavy atom. The lowest BCUT2D eigenvalue weighted by Crippen LogP contribution is -2.31. The van der Waals surface area contributed by atoms with Crippen LogP contribution in [0.25, 0.3) is 11.0 Å². The molecule has 1 aromatic carbocycles. The summed E-state index contributed by atoms with van der Waals surface area (Å²) in [6, 6.07) is 9.71. The molecule has 0 spiro atoms. The van der Waals surface area contributed by atoms with Gasteiger partial charge in [-0.1, -0.05) is 12.1 Å². The Morgan fingerprint density at radius 1 is 1.08 bits per heavy atom. The van der Waals surface area contributed by atoms with Crippen LogP contribution in [-0.2, 0) is 17.9 Å². The molecule has 2 aromatic heterocycles. The van der Waals surface area contributed by atoms with Gasteiger partial charge in [-0.2, -0.15) is 0 Å². The summed E-state index contributed by atoms with van der Waals surface area (Å²) >= 11 is 0. The minimum Gasteiger partial charge on any atom is -0.357 e. The summed E-state index contributed by atoms with van der Waals surface area (Å²) in [6.07, 6.45) is 7.15. The first-order valence-corrected chi connectivity index (χ1v) is 9.03. The van der Waals surface area contributed by atoms with Gasteiger partial charge in [0.15, 0.2) is 0 Å². The summed E-state index contributed by atoms with van der Waals surface area (Å²) in [5, 5.41) is 2.90. The number of nitrogens with zero attached hydrogens (tertiary/aromatic N) is 5. The highest BCUT2D eigenvalue weighted by Gasteiger charge is 2.13. The van der Waals surface area contributed by atoms with Crippen LogP contribution in [0.3, 0.4) is 0 Å². The first-order chi connectivity index (χ1) is 12.8. The first kappa shape index (κ1) is 16.5. The number of amides is 1. The zero-order valence-electron chi connectivity index (χ0n) is 14.6. The van der Waals surface area contributed by atoms with E-state index in [0.717, 1.165) is 29.9 Å². The topological polar surface area (TPSA) is 75.9 Å². The molecule has 0 aliphatic carbocycles. The highest BCUT2D eigenvalue weighted by molar-refractivity contribution is 5.80. The molecule has 3 heterocycles. The van der Waals surface area contributed by atoms with Gasteiger partial charge in [0.05, 0.1) is 23.9 Å². The summed E-state index contributed by atoms with van der Waals surface area (Å²) in [7, 11) is 0. The van der Waals surface area contributed by atoms with E-state index >= 15 is 0 Å². The molecule has 1 saturated heterocycles. The zero-order chi connectivity index (χ0) is 17.8. The minimum atomic E-state index is -0.0832. The van der Waals surface area contributed by atoms with Crippen LogP contribution >= 0.6 is 0 Å². The SMILES string of the molecule is O=C(Cn1cnc2ccccc21)NCc1nccc(N2CCCCC2)n1. The summed E-state index contributed by atoms with van der Waals surface area (Å²) in [5.74, 6) is 1.50. The fraction of sp³-hybridized carbons (Fsp3) is 0.368. The molecule has 1 aliphatic rings. The quantitative estimate of drug-likeness (QED) is 0.763. The molecule has 0 saturated carbocycles. The highest BCUT2D eigenvalue weighted by Crippen LogP contribution is 2.17. The second kappa shape index (κ2) is 7.51. The molecule has 1 amide bonds. The number of nitrogens with one attached hydrogen (secondary N) is 1. The van der Waals surface area contributed by atoms with Crippen molar-refractivity contribution in [3.05, 3.63) is 48.7 Å². The van der Waals surface area contributed by atoms with Crippen molar-refractivity contribution in [3.8, 4) is 0 Å². The molecule has 1 N–H and O–H groups in total. The van der Waals surface area contributed by atoms with Crippen LogP contribution in [0.2, 0.25) is 0 Å². The van der Waals surface area contributed by atoms with Crippen LogP contribution in [0.15, 0.2) is 42.9 Å². The van der Waals surface area contributed by atoms with Crippen molar-refractivity contribution in [1.29, 1.82) is 0 Å². The number of fused-ring (bicyclic) bond motifs is 1. The van der Waals surface area contributed by atoms with Gasteiger partial charge in [-0.15, -0.1) is 0 Å². The number of anilines is 1. The molecular formula is C19H22N6O. The van der Waals surface area contributed by atoms with Gasteiger partial charge in [-0.3, -0.25) is 4.79 Å². The summed E-state index contributed by atoms with van der Waals surface area (Å²) in [4.78, 5) is 27.8. The third kappa shape index (κ3) is 3.66. The molecule has 0 unspecified atom stereocenters. The lowest BCUT2D eigenvalue weighted by Gasteiger charge is -2.27. The zero-order valence-corrected chi connectivity index (χ0v) is 14.6. The van der Waals surface area contributed by atoms with Crippen molar-refractivity contribution in [2.24, 2.45) is 0 Å². The van der Waals surface area contributed by atoms with Crippen molar-refractivity contribution in [1.82, 2.24) is 24.8 Å². The van der Waals surface area contributed by atoms with Crippen molar-refractivity contribution in [3.63, 3.8) is 0 Å². The van der Waals surface area contributed by atoms with Gasteiger partial charge in [-0.25, -0.2) is 15.0 Å². The van der Waals surface area contributed by atoms with E-state index in [2.05, 4.69) is 25.2 Å². The Morgan fingerprint density at radius 3 is 2.81 bits per heavy atom. The standard InChI is InChI=1S/C19H22N6O/c26-19(13-25-14-22-15-6-2-3-7-16(15)25)21-12-17-20-9-8-18(23-17)24-10-4-1-5-11-24/h2-3,6-9,14H,1,4-5,10-13H2,(H,21,26). The molecule has 0 bridgehead atoms. The summed E-state index contributed by atoms with van der Waals surface area (Å²) in [6.45, 7) is 2.63. The average Bonchev–Trinajstić information content (AvgIpc) is 3.10.